The van der Waals surface area contributed by atoms with Crippen LogP contribution in [0.1, 0.15) is 48.0 Å². The summed E-state index contributed by atoms with van der Waals surface area (Å²) in [6.45, 7) is 13.7. The molecule has 0 amide bonds. The third-order valence-electron chi connectivity index (χ3n) is 4.96. The van der Waals surface area contributed by atoms with E-state index in [2.05, 4.69) is 89.2 Å². The molecule has 1 aromatic heterocycles. The fraction of sp³-hybridized carbons (Fsp3) is 0.440. The normalized spacial score (nSPS) is 12.0. The van der Waals surface area contributed by atoms with Gasteiger partial charge in [-0.25, -0.2) is 0 Å². The Morgan fingerprint density at radius 1 is 0.735 bits per heavy atom. The van der Waals surface area contributed by atoms with Crippen molar-refractivity contribution in [3.63, 3.8) is 0 Å². The quantitative estimate of drug-likeness (QED) is 0.258. The van der Waals surface area contributed by atoms with Crippen molar-refractivity contribution in [2.45, 2.75) is 60.0 Å². The Kier molecular flexibility index (Phi) is 9.21. The SMILES string of the molecule is CC(C)CCOc1nnc(/N=N/c2ccc(/N=N/c3ccc(N(C(C)C)C(C)C)cc3)cc2)s1. The van der Waals surface area contributed by atoms with Crippen molar-refractivity contribution in [1.29, 1.82) is 0 Å². The molecule has 0 aliphatic rings. The maximum Gasteiger partial charge on any atom is 0.295 e. The first-order valence-electron chi connectivity index (χ1n) is 11.6. The van der Waals surface area contributed by atoms with Crippen LogP contribution in [0.5, 0.6) is 5.19 Å². The number of hydrogen-bond donors (Lipinski definition) is 0. The topological polar surface area (TPSA) is 87.7 Å². The van der Waals surface area contributed by atoms with Crippen LogP contribution in [0, 0.1) is 5.92 Å². The van der Waals surface area contributed by atoms with Crippen molar-refractivity contribution in [2.75, 3.05) is 11.5 Å². The standard InChI is InChI=1S/C25H33N7OS/c1-17(2)15-16-33-25-31-30-24(34-25)29-28-21-9-7-20(8-10-21)26-27-22-11-13-23(14-12-22)32(18(3)4)19(5)6/h7-14,17-19H,15-16H2,1-6H3/b27-26+,29-28+. The van der Waals surface area contributed by atoms with E-state index in [0.717, 1.165) is 17.8 Å². The Balaban J connectivity index is 1.56. The van der Waals surface area contributed by atoms with Crippen molar-refractivity contribution in [3.05, 3.63) is 48.5 Å². The second-order valence-corrected chi connectivity index (χ2v) is 9.83. The maximum absolute atomic E-state index is 5.59. The van der Waals surface area contributed by atoms with Gasteiger partial charge in [0.05, 0.1) is 23.7 Å². The van der Waals surface area contributed by atoms with Gasteiger partial charge in [0.25, 0.3) is 10.3 Å². The number of benzene rings is 2. The van der Waals surface area contributed by atoms with Crippen LogP contribution in [0.2, 0.25) is 0 Å². The van der Waals surface area contributed by atoms with E-state index in [0.29, 0.717) is 40.6 Å². The van der Waals surface area contributed by atoms with Gasteiger partial charge < -0.3 is 9.64 Å². The molecule has 0 atom stereocenters. The highest BCUT2D eigenvalue weighted by Crippen LogP contribution is 2.28. The summed E-state index contributed by atoms with van der Waals surface area (Å²) in [6.07, 6.45) is 0.973. The lowest BCUT2D eigenvalue weighted by Gasteiger charge is -2.33. The lowest BCUT2D eigenvalue weighted by molar-refractivity contribution is 0.286. The average molecular weight is 480 g/mol. The van der Waals surface area contributed by atoms with E-state index in [1.165, 1.54) is 17.0 Å². The third kappa shape index (κ3) is 7.69. The lowest BCUT2D eigenvalue weighted by atomic mass is 10.1. The molecule has 8 nitrogen and oxygen atoms in total. The molecule has 0 aliphatic carbocycles. The molecule has 0 saturated carbocycles. The molecule has 0 unspecified atom stereocenters. The molecule has 180 valence electrons. The molecule has 0 fully saturated rings. The summed E-state index contributed by atoms with van der Waals surface area (Å²) in [4.78, 5) is 2.37. The average Bonchev–Trinajstić information content (AvgIpc) is 3.25. The molecule has 3 rings (SSSR count). The second kappa shape index (κ2) is 12.3. The fourth-order valence-corrected chi connectivity index (χ4v) is 3.91. The largest absolute Gasteiger partial charge is 0.469 e. The molecule has 0 radical (unpaired) electrons. The first kappa shape index (κ1) is 25.4. The van der Waals surface area contributed by atoms with E-state index < -0.39 is 0 Å². The van der Waals surface area contributed by atoms with Gasteiger partial charge in [-0.2, -0.15) is 10.2 Å². The minimum absolute atomic E-state index is 0.431. The summed E-state index contributed by atoms with van der Waals surface area (Å²) >= 11 is 1.28. The van der Waals surface area contributed by atoms with Crippen LogP contribution in [0.4, 0.5) is 27.9 Å². The Morgan fingerprint density at radius 2 is 1.24 bits per heavy atom. The molecule has 34 heavy (non-hydrogen) atoms. The number of nitrogens with zero attached hydrogens (tertiary/aromatic N) is 7. The van der Waals surface area contributed by atoms with Crippen LogP contribution in [0.15, 0.2) is 69.0 Å². The summed E-state index contributed by atoms with van der Waals surface area (Å²) in [6, 6.07) is 16.4. The minimum atomic E-state index is 0.431. The van der Waals surface area contributed by atoms with Crippen molar-refractivity contribution in [2.24, 2.45) is 26.4 Å². The van der Waals surface area contributed by atoms with Gasteiger partial charge in [0, 0.05) is 17.8 Å². The van der Waals surface area contributed by atoms with Crippen LogP contribution >= 0.6 is 11.3 Å². The van der Waals surface area contributed by atoms with Crippen LogP contribution < -0.4 is 9.64 Å². The van der Waals surface area contributed by atoms with Gasteiger partial charge in [-0.3, -0.25) is 0 Å². The van der Waals surface area contributed by atoms with Gasteiger partial charge in [0.1, 0.15) is 0 Å². The summed E-state index contributed by atoms with van der Waals surface area (Å²) in [5, 5.41) is 26.0. The van der Waals surface area contributed by atoms with Crippen molar-refractivity contribution >= 4 is 39.2 Å². The summed E-state index contributed by atoms with van der Waals surface area (Å²) in [5.74, 6) is 0.584. The van der Waals surface area contributed by atoms with E-state index >= 15 is 0 Å². The molecular weight excluding hydrogens is 446 g/mol. The molecule has 0 aliphatic heterocycles. The van der Waals surface area contributed by atoms with Crippen molar-refractivity contribution in [3.8, 4) is 5.19 Å². The predicted molar refractivity (Wildman–Crippen MR) is 139 cm³/mol. The van der Waals surface area contributed by atoms with E-state index in [-0.39, 0.29) is 0 Å². The Labute approximate surface area is 205 Å². The van der Waals surface area contributed by atoms with Gasteiger partial charge >= 0.3 is 0 Å². The first-order chi connectivity index (χ1) is 16.3. The van der Waals surface area contributed by atoms with Crippen molar-refractivity contribution < 1.29 is 4.74 Å². The lowest BCUT2D eigenvalue weighted by Crippen LogP contribution is -2.36. The zero-order valence-corrected chi connectivity index (χ0v) is 21.5. The number of hydrogen-bond acceptors (Lipinski definition) is 9. The van der Waals surface area contributed by atoms with Gasteiger partial charge in [-0.05, 0) is 99.9 Å². The number of azo groups is 2. The Hall–Kier alpha value is -3.20. The first-order valence-corrected chi connectivity index (χ1v) is 12.4. The van der Waals surface area contributed by atoms with Crippen LogP contribution in [0.25, 0.3) is 0 Å². The smallest absolute Gasteiger partial charge is 0.295 e. The molecular formula is C25H33N7OS. The van der Waals surface area contributed by atoms with Crippen molar-refractivity contribution in [1.82, 2.24) is 10.2 Å². The van der Waals surface area contributed by atoms with E-state index in [4.69, 9.17) is 4.74 Å². The molecule has 0 saturated heterocycles. The Morgan fingerprint density at radius 3 is 1.74 bits per heavy atom. The van der Waals surface area contributed by atoms with Crippen LogP contribution in [-0.2, 0) is 0 Å². The summed E-state index contributed by atoms with van der Waals surface area (Å²) in [7, 11) is 0. The van der Waals surface area contributed by atoms with Crippen LogP contribution in [-0.4, -0.2) is 28.9 Å². The zero-order chi connectivity index (χ0) is 24.5. The van der Waals surface area contributed by atoms with E-state index in [1.54, 1.807) is 0 Å². The maximum atomic E-state index is 5.59. The van der Waals surface area contributed by atoms with E-state index in [9.17, 15) is 0 Å². The monoisotopic (exact) mass is 479 g/mol. The zero-order valence-electron chi connectivity index (χ0n) is 20.7. The fourth-order valence-electron chi connectivity index (χ4n) is 3.37. The third-order valence-corrected chi connectivity index (χ3v) is 5.68. The highest BCUT2D eigenvalue weighted by molar-refractivity contribution is 7.16. The number of anilines is 1. The van der Waals surface area contributed by atoms with Gasteiger partial charge in [-0.15, -0.1) is 15.3 Å². The molecule has 3 aromatic rings. The molecule has 9 heteroatoms. The minimum Gasteiger partial charge on any atom is -0.469 e. The number of rotatable bonds is 11. The second-order valence-electron chi connectivity index (χ2n) is 8.91. The predicted octanol–water partition coefficient (Wildman–Crippen LogP) is 8.42. The molecule has 2 aromatic carbocycles. The van der Waals surface area contributed by atoms with E-state index in [1.807, 2.05) is 36.4 Å². The van der Waals surface area contributed by atoms with Gasteiger partial charge in [0.2, 0.25) is 0 Å². The highest BCUT2D eigenvalue weighted by atomic mass is 32.1. The molecule has 0 bridgehead atoms. The van der Waals surface area contributed by atoms with Crippen LogP contribution in [0.3, 0.4) is 0 Å². The highest BCUT2D eigenvalue weighted by Gasteiger charge is 2.13. The van der Waals surface area contributed by atoms with Gasteiger partial charge in [0.15, 0.2) is 0 Å². The molecule has 1 heterocycles. The Bertz CT molecular complexity index is 1070. The number of aromatic nitrogens is 2. The molecule has 0 spiro atoms. The summed E-state index contributed by atoms with van der Waals surface area (Å²) < 4.78 is 5.59. The number of ether oxygens (including phenoxy) is 1. The summed E-state index contributed by atoms with van der Waals surface area (Å²) in [5.41, 5.74) is 3.43. The molecule has 0 N–H and O–H groups in total. The van der Waals surface area contributed by atoms with Gasteiger partial charge in [-0.1, -0.05) is 18.9 Å².